The fourth-order valence-electron chi connectivity index (χ4n) is 2.71. The van der Waals surface area contributed by atoms with Crippen LogP contribution in [0.1, 0.15) is 26.7 Å². The first-order valence-electron chi connectivity index (χ1n) is 7.85. The lowest BCUT2D eigenvalue weighted by Crippen LogP contribution is -2.63. The van der Waals surface area contributed by atoms with Crippen LogP contribution in [0.5, 0.6) is 0 Å². The van der Waals surface area contributed by atoms with E-state index in [1.54, 1.807) is 0 Å². The molecule has 1 aliphatic heterocycles. The number of hydrogen-bond acceptors (Lipinski definition) is 2. The van der Waals surface area contributed by atoms with Gasteiger partial charge in [0.15, 0.2) is 6.30 Å². The van der Waals surface area contributed by atoms with Crippen LogP contribution >= 0.6 is 0 Å². The molecule has 0 radical (unpaired) electrons. The van der Waals surface area contributed by atoms with Crippen molar-refractivity contribution in [1.29, 1.82) is 0 Å². The van der Waals surface area contributed by atoms with Crippen LogP contribution in [0.25, 0.3) is 0 Å². The van der Waals surface area contributed by atoms with Gasteiger partial charge in [0.25, 0.3) is 11.8 Å². The third-order valence-corrected chi connectivity index (χ3v) is 4.41. The maximum atomic E-state index is 14.7. The molecule has 13 heteroatoms. The number of hydrogen-bond donors (Lipinski definition) is 0. The van der Waals surface area contributed by atoms with Crippen LogP contribution in [0, 0.1) is 0 Å². The van der Waals surface area contributed by atoms with Crippen LogP contribution in [-0.2, 0) is 4.74 Å². The van der Waals surface area contributed by atoms with E-state index in [0.29, 0.717) is 4.90 Å². The van der Waals surface area contributed by atoms with Gasteiger partial charge in [0.1, 0.15) is 12.2 Å². The highest BCUT2D eigenvalue weighted by Gasteiger charge is 2.68. The summed E-state index contributed by atoms with van der Waals surface area (Å²) in [4.78, 5) is 0.490. The Balaban J connectivity index is 3.08. The molecular formula is C14H18F11NO. The Bertz CT molecular complexity index is 488. The normalized spacial score (nSPS) is 24.3. The van der Waals surface area contributed by atoms with Crippen molar-refractivity contribution in [3.8, 4) is 0 Å². The standard InChI is InChI=1S/C14H18F11NO/c1-7(27-8(2)12(18,19)9(15)13(20,21)22)11(17,14(23,24)25)10(16)26-5-3-4-6-26/h7-10H,3-6H2,1-2H3. The first-order valence-corrected chi connectivity index (χ1v) is 7.85. The molecule has 0 amide bonds. The van der Waals surface area contributed by atoms with Gasteiger partial charge in [-0.3, -0.25) is 4.90 Å². The molecule has 1 fully saturated rings. The average molecular weight is 425 g/mol. The van der Waals surface area contributed by atoms with Gasteiger partial charge in [0, 0.05) is 13.1 Å². The maximum absolute atomic E-state index is 14.7. The van der Waals surface area contributed by atoms with Crippen LogP contribution in [0.2, 0.25) is 0 Å². The minimum absolute atomic E-state index is 0.148. The highest BCUT2D eigenvalue weighted by molar-refractivity contribution is 5.01. The Morgan fingerprint density at radius 3 is 1.59 bits per heavy atom. The van der Waals surface area contributed by atoms with E-state index in [0.717, 1.165) is 0 Å². The summed E-state index contributed by atoms with van der Waals surface area (Å²) >= 11 is 0. The Morgan fingerprint density at radius 1 is 0.778 bits per heavy atom. The molecule has 0 saturated carbocycles. The molecular weight excluding hydrogens is 407 g/mol. The summed E-state index contributed by atoms with van der Waals surface area (Å²) in [5.41, 5.74) is -4.81. The topological polar surface area (TPSA) is 12.5 Å². The van der Waals surface area contributed by atoms with Crippen LogP contribution in [0.15, 0.2) is 0 Å². The van der Waals surface area contributed by atoms with Gasteiger partial charge in [-0.25, -0.2) is 22.0 Å². The lowest BCUT2D eigenvalue weighted by molar-refractivity contribution is -0.321. The number of likely N-dealkylation sites (tertiary alicyclic amines) is 1. The molecule has 162 valence electrons. The van der Waals surface area contributed by atoms with Crippen molar-refractivity contribution < 1.29 is 53.0 Å². The third kappa shape index (κ3) is 4.77. The highest BCUT2D eigenvalue weighted by Crippen LogP contribution is 2.45. The zero-order valence-electron chi connectivity index (χ0n) is 14.2. The Kier molecular flexibility index (Phi) is 7.06. The quantitative estimate of drug-likeness (QED) is 0.422. The molecule has 5 unspecified atom stereocenters. The van der Waals surface area contributed by atoms with Gasteiger partial charge in [0.2, 0.25) is 0 Å². The van der Waals surface area contributed by atoms with Gasteiger partial charge in [-0.05, 0) is 26.7 Å². The molecule has 0 aromatic carbocycles. The molecule has 2 nitrogen and oxygen atoms in total. The van der Waals surface area contributed by atoms with Crippen molar-refractivity contribution >= 4 is 0 Å². The Hall–Kier alpha value is -0.850. The first kappa shape index (κ1) is 24.2. The molecule has 27 heavy (non-hydrogen) atoms. The average Bonchev–Trinajstić information content (AvgIpc) is 3.04. The summed E-state index contributed by atoms with van der Waals surface area (Å²) in [6, 6.07) is 0. The van der Waals surface area contributed by atoms with E-state index in [1.807, 2.05) is 0 Å². The zero-order chi connectivity index (χ0) is 21.4. The second-order valence-corrected chi connectivity index (χ2v) is 6.34. The number of rotatable bonds is 7. The summed E-state index contributed by atoms with van der Waals surface area (Å²) in [6.07, 6.45) is -25.6. The van der Waals surface area contributed by atoms with Crippen molar-refractivity contribution in [2.75, 3.05) is 13.1 Å². The fraction of sp³-hybridized carbons (Fsp3) is 1.00. The number of halogens is 11. The number of nitrogens with zero attached hydrogens (tertiary/aromatic N) is 1. The minimum atomic E-state index is -6.03. The van der Waals surface area contributed by atoms with Gasteiger partial charge < -0.3 is 4.74 Å². The van der Waals surface area contributed by atoms with Crippen LogP contribution < -0.4 is 0 Å². The largest absolute Gasteiger partial charge is 0.429 e. The van der Waals surface area contributed by atoms with Crippen molar-refractivity contribution in [2.24, 2.45) is 0 Å². The van der Waals surface area contributed by atoms with E-state index in [2.05, 4.69) is 4.74 Å². The summed E-state index contributed by atoms with van der Waals surface area (Å²) in [5.74, 6) is -5.32. The molecule has 0 N–H and O–H groups in total. The SMILES string of the molecule is CC(OC(C)C(F)(C(F)N1CCCC1)C(F)(F)F)C(F)(F)C(F)C(F)(F)F. The molecule has 1 rings (SSSR count). The molecule has 1 heterocycles. The lowest BCUT2D eigenvalue weighted by atomic mass is 9.96. The summed E-state index contributed by atoms with van der Waals surface area (Å²) in [6.45, 7) is -0.0673. The smallest absolute Gasteiger partial charge is 0.365 e. The zero-order valence-corrected chi connectivity index (χ0v) is 14.2. The molecule has 0 aromatic rings. The number of alkyl halides is 11. The van der Waals surface area contributed by atoms with Crippen LogP contribution in [0.4, 0.5) is 48.3 Å². The summed E-state index contributed by atoms with van der Waals surface area (Å²) < 4.78 is 149. The lowest BCUT2D eigenvalue weighted by Gasteiger charge is -2.40. The van der Waals surface area contributed by atoms with Gasteiger partial charge in [-0.1, -0.05) is 0 Å². The van der Waals surface area contributed by atoms with Crippen molar-refractivity contribution in [2.45, 2.75) is 75.3 Å². The van der Waals surface area contributed by atoms with Gasteiger partial charge in [-0.15, -0.1) is 0 Å². The molecule has 5 atom stereocenters. The van der Waals surface area contributed by atoms with Gasteiger partial charge >= 0.3 is 18.3 Å². The van der Waals surface area contributed by atoms with E-state index in [1.165, 1.54) is 0 Å². The highest BCUT2D eigenvalue weighted by atomic mass is 19.4. The second kappa shape index (κ2) is 7.88. The fourth-order valence-corrected chi connectivity index (χ4v) is 2.71. The van der Waals surface area contributed by atoms with E-state index in [9.17, 15) is 48.3 Å². The van der Waals surface area contributed by atoms with Crippen molar-refractivity contribution in [1.82, 2.24) is 4.90 Å². The van der Waals surface area contributed by atoms with E-state index in [-0.39, 0.29) is 39.8 Å². The van der Waals surface area contributed by atoms with Gasteiger partial charge in [0.05, 0.1) is 0 Å². The third-order valence-electron chi connectivity index (χ3n) is 4.41. The minimum Gasteiger partial charge on any atom is -0.365 e. The predicted octanol–water partition coefficient (Wildman–Crippen LogP) is 4.98. The van der Waals surface area contributed by atoms with E-state index >= 15 is 0 Å². The number of ether oxygens (including phenoxy) is 1. The van der Waals surface area contributed by atoms with Crippen LogP contribution in [-0.4, -0.2) is 66.6 Å². The van der Waals surface area contributed by atoms with Crippen molar-refractivity contribution in [3.63, 3.8) is 0 Å². The molecule has 0 spiro atoms. The van der Waals surface area contributed by atoms with E-state index in [4.69, 9.17) is 0 Å². The van der Waals surface area contributed by atoms with Gasteiger partial charge in [-0.2, -0.15) is 26.3 Å². The summed E-state index contributed by atoms with van der Waals surface area (Å²) in [5, 5.41) is 0. The van der Waals surface area contributed by atoms with E-state index < -0.39 is 48.6 Å². The first-order chi connectivity index (χ1) is 12.0. The van der Waals surface area contributed by atoms with Crippen molar-refractivity contribution in [3.05, 3.63) is 0 Å². The van der Waals surface area contributed by atoms with Crippen LogP contribution in [0.3, 0.4) is 0 Å². The maximum Gasteiger partial charge on any atom is 0.429 e. The molecule has 0 aromatic heterocycles. The molecule has 0 aliphatic carbocycles. The summed E-state index contributed by atoms with van der Waals surface area (Å²) in [7, 11) is 0. The predicted molar refractivity (Wildman–Crippen MR) is 71.5 cm³/mol. The second-order valence-electron chi connectivity index (χ2n) is 6.34. The molecule has 1 aliphatic rings. The Labute approximate surface area is 147 Å². The Morgan fingerprint density at radius 2 is 1.22 bits per heavy atom. The monoisotopic (exact) mass is 425 g/mol. The molecule has 0 bridgehead atoms. The molecule has 1 saturated heterocycles.